The number of carbonyl (C=O) groups is 2. The Morgan fingerprint density at radius 1 is 0.941 bits per heavy atom. The van der Waals surface area contributed by atoms with Crippen molar-refractivity contribution in [2.45, 2.75) is 32.6 Å². The van der Waals surface area contributed by atoms with Crippen LogP contribution < -0.4 is 19.7 Å². The van der Waals surface area contributed by atoms with Gasteiger partial charge in [0.2, 0.25) is 5.91 Å². The average Bonchev–Trinajstić information content (AvgIpc) is 3.40. The van der Waals surface area contributed by atoms with Crippen molar-refractivity contribution in [3.63, 3.8) is 0 Å². The first-order valence-corrected chi connectivity index (χ1v) is 12.4. The highest BCUT2D eigenvalue weighted by Crippen LogP contribution is 2.32. The van der Waals surface area contributed by atoms with Gasteiger partial charge in [-0.3, -0.25) is 14.5 Å². The van der Waals surface area contributed by atoms with Crippen molar-refractivity contribution in [2.24, 2.45) is 5.92 Å². The number of amides is 1. The number of likely N-dealkylation sites (tertiary alicyclic amines) is 1. The Bertz CT molecular complexity index is 1060. The maximum Gasteiger partial charge on any atom is 0.238 e. The van der Waals surface area contributed by atoms with Crippen molar-refractivity contribution < 1.29 is 19.1 Å². The van der Waals surface area contributed by atoms with Gasteiger partial charge in [0.1, 0.15) is 13.2 Å². The van der Waals surface area contributed by atoms with Crippen molar-refractivity contribution >= 4 is 23.1 Å². The van der Waals surface area contributed by atoms with Crippen molar-refractivity contribution in [3.8, 4) is 11.5 Å². The molecule has 0 bridgehead atoms. The zero-order valence-corrected chi connectivity index (χ0v) is 19.8. The molecule has 5 rings (SSSR count). The number of ketones is 1. The molecule has 180 valence electrons. The lowest BCUT2D eigenvalue weighted by Crippen LogP contribution is -2.40. The van der Waals surface area contributed by atoms with E-state index >= 15 is 0 Å². The fourth-order valence-corrected chi connectivity index (χ4v) is 5.14. The number of rotatable bonds is 6. The molecule has 34 heavy (non-hydrogen) atoms. The predicted octanol–water partition coefficient (Wildman–Crippen LogP) is 3.90. The lowest BCUT2D eigenvalue weighted by Gasteiger charge is -2.31. The van der Waals surface area contributed by atoms with Gasteiger partial charge in [-0.05, 0) is 87.7 Å². The number of aryl methyl sites for hydroxylation is 1. The van der Waals surface area contributed by atoms with Gasteiger partial charge in [0.05, 0.1) is 6.54 Å². The molecule has 1 amide bonds. The van der Waals surface area contributed by atoms with Gasteiger partial charge in [-0.1, -0.05) is 0 Å². The van der Waals surface area contributed by atoms with Crippen LogP contribution in [-0.4, -0.2) is 62.5 Å². The topological polar surface area (TPSA) is 71.1 Å². The number of hydrogen-bond donors (Lipinski definition) is 1. The third-order valence-electron chi connectivity index (χ3n) is 7.11. The van der Waals surface area contributed by atoms with Crippen LogP contribution in [0.5, 0.6) is 11.5 Å². The number of nitrogens with zero attached hydrogens (tertiary/aromatic N) is 2. The largest absolute Gasteiger partial charge is 0.486 e. The normalized spacial score (nSPS) is 18.7. The Hall–Kier alpha value is -3.06. The third kappa shape index (κ3) is 5.04. The molecule has 0 saturated carbocycles. The number of anilines is 2. The van der Waals surface area contributed by atoms with Gasteiger partial charge in [-0.15, -0.1) is 0 Å². The molecule has 1 N–H and O–H groups in total. The predicted molar refractivity (Wildman–Crippen MR) is 132 cm³/mol. The molecule has 2 saturated heterocycles. The van der Waals surface area contributed by atoms with Gasteiger partial charge in [0.25, 0.3) is 0 Å². The van der Waals surface area contributed by atoms with E-state index in [0.717, 1.165) is 50.3 Å². The van der Waals surface area contributed by atoms with Crippen LogP contribution in [0.15, 0.2) is 36.4 Å². The van der Waals surface area contributed by atoms with Crippen molar-refractivity contribution in [2.75, 3.05) is 56.2 Å². The summed E-state index contributed by atoms with van der Waals surface area (Å²) < 4.78 is 11.2. The minimum absolute atomic E-state index is 0.00589. The van der Waals surface area contributed by atoms with Crippen LogP contribution in [0, 0.1) is 12.8 Å². The number of Topliss-reactive ketones (excluding diaryl/α,β-unsaturated/α-hetero) is 1. The second kappa shape index (κ2) is 10.1. The molecule has 2 fully saturated rings. The van der Waals surface area contributed by atoms with Gasteiger partial charge < -0.3 is 19.7 Å². The molecule has 0 spiro atoms. The van der Waals surface area contributed by atoms with E-state index in [9.17, 15) is 9.59 Å². The van der Waals surface area contributed by atoms with E-state index in [1.807, 2.05) is 25.1 Å². The summed E-state index contributed by atoms with van der Waals surface area (Å²) in [6.07, 6.45) is 4.00. The second-order valence-corrected chi connectivity index (χ2v) is 9.51. The van der Waals surface area contributed by atoms with Gasteiger partial charge in [0.15, 0.2) is 17.3 Å². The summed E-state index contributed by atoms with van der Waals surface area (Å²) in [4.78, 5) is 30.2. The lowest BCUT2D eigenvalue weighted by molar-refractivity contribution is -0.117. The van der Waals surface area contributed by atoms with E-state index in [2.05, 4.69) is 27.2 Å². The summed E-state index contributed by atoms with van der Waals surface area (Å²) in [5.41, 5.74) is 3.86. The SMILES string of the molecule is Cc1cc(N2CCCC2)ccc1NC(=O)CN1CCC(C(=O)c2ccc3c(c2)OCCO3)CC1. The first-order chi connectivity index (χ1) is 16.6. The van der Waals surface area contributed by atoms with Crippen molar-refractivity contribution in [3.05, 3.63) is 47.5 Å². The second-order valence-electron chi connectivity index (χ2n) is 9.51. The monoisotopic (exact) mass is 463 g/mol. The number of ether oxygens (including phenoxy) is 2. The van der Waals surface area contributed by atoms with E-state index < -0.39 is 0 Å². The van der Waals surface area contributed by atoms with Crippen LogP contribution in [0.3, 0.4) is 0 Å². The highest BCUT2D eigenvalue weighted by atomic mass is 16.6. The molecule has 2 aromatic rings. The van der Waals surface area contributed by atoms with Gasteiger partial charge in [0, 0.05) is 35.9 Å². The molecule has 3 aliphatic rings. The average molecular weight is 464 g/mol. The molecule has 7 heteroatoms. The third-order valence-corrected chi connectivity index (χ3v) is 7.11. The molecule has 7 nitrogen and oxygen atoms in total. The molecule has 3 aliphatic heterocycles. The zero-order valence-electron chi connectivity index (χ0n) is 19.8. The van der Waals surface area contributed by atoms with E-state index in [1.165, 1.54) is 18.5 Å². The maximum absolute atomic E-state index is 13.0. The number of carbonyl (C=O) groups excluding carboxylic acids is 2. The molecule has 0 radical (unpaired) electrons. The van der Waals surface area contributed by atoms with E-state index in [4.69, 9.17) is 9.47 Å². The molecule has 0 atom stereocenters. The lowest BCUT2D eigenvalue weighted by atomic mass is 9.88. The van der Waals surface area contributed by atoms with E-state index in [0.29, 0.717) is 36.8 Å². The van der Waals surface area contributed by atoms with Gasteiger partial charge >= 0.3 is 0 Å². The minimum Gasteiger partial charge on any atom is -0.486 e. The number of fused-ring (bicyclic) bond motifs is 1. The molecule has 0 unspecified atom stereocenters. The van der Waals surface area contributed by atoms with E-state index in [1.54, 1.807) is 6.07 Å². The van der Waals surface area contributed by atoms with Gasteiger partial charge in [-0.2, -0.15) is 0 Å². The molecule has 3 heterocycles. The Balaban J connectivity index is 1.11. The molecule has 2 aromatic carbocycles. The van der Waals surface area contributed by atoms with E-state index in [-0.39, 0.29) is 17.6 Å². The Kier molecular flexibility index (Phi) is 6.72. The highest BCUT2D eigenvalue weighted by molar-refractivity contribution is 5.98. The first-order valence-electron chi connectivity index (χ1n) is 12.4. The summed E-state index contributed by atoms with van der Waals surface area (Å²) in [5, 5.41) is 3.07. The highest BCUT2D eigenvalue weighted by Gasteiger charge is 2.28. The molecule has 0 aliphatic carbocycles. The number of hydrogen-bond acceptors (Lipinski definition) is 6. The van der Waals surface area contributed by atoms with Crippen molar-refractivity contribution in [1.82, 2.24) is 4.90 Å². The summed E-state index contributed by atoms with van der Waals surface area (Å²) in [7, 11) is 0. The van der Waals surface area contributed by atoms with Crippen molar-refractivity contribution in [1.29, 1.82) is 0 Å². The summed E-state index contributed by atoms with van der Waals surface area (Å²) in [6, 6.07) is 11.7. The first kappa shape index (κ1) is 22.7. The molecular weight excluding hydrogens is 430 g/mol. The van der Waals surface area contributed by atoms with Crippen LogP contribution >= 0.6 is 0 Å². The van der Waals surface area contributed by atoms with Crippen LogP contribution in [-0.2, 0) is 4.79 Å². The standard InChI is InChI=1S/C27H33N3O4/c1-19-16-22(30-10-2-3-11-30)5-6-23(19)28-26(31)18-29-12-8-20(9-13-29)27(32)21-4-7-24-25(17-21)34-15-14-33-24/h4-7,16-17,20H,2-3,8-15,18H2,1H3,(H,28,31). The summed E-state index contributed by atoms with van der Waals surface area (Å²) in [5.74, 6) is 1.46. The Morgan fingerprint density at radius 2 is 1.68 bits per heavy atom. The number of benzene rings is 2. The molecular formula is C27H33N3O4. The summed E-state index contributed by atoms with van der Waals surface area (Å²) >= 11 is 0. The van der Waals surface area contributed by atoms with Crippen LogP contribution in [0.2, 0.25) is 0 Å². The van der Waals surface area contributed by atoms with Crippen LogP contribution in [0.4, 0.5) is 11.4 Å². The summed E-state index contributed by atoms with van der Waals surface area (Å²) in [6.45, 7) is 7.13. The smallest absolute Gasteiger partial charge is 0.238 e. The number of piperidine rings is 1. The van der Waals surface area contributed by atoms with Crippen LogP contribution in [0.25, 0.3) is 0 Å². The van der Waals surface area contributed by atoms with Crippen LogP contribution in [0.1, 0.15) is 41.6 Å². The fourth-order valence-electron chi connectivity index (χ4n) is 5.14. The quantitative estimate of drug-likeness (QED) is 0.656. The fraction of sp³-hybridized carbons (Fsp3) is 0.481. The zero-order chi connectivity index (χ0) is 23.5. The Morgan fingerprint density at radius 3 is 2.41 bits per heavy atom. The number of nitrogens with one attached hydrogen (secondary N) is 1. The van der Waals surface area contributed by atoms with Gasteiger partial charge in [-0.25, -0.2) is 0 Å². The Labute approximate surface area is 201 Å². The minimum atomic E-state index is -0.0257. The molecule has 0 aromatic heterocycles. The maximum atomic E-state index is 13.0.